The number of methoxy groups -OCH3 is 1. The van der Waals surface area contributed by atoms with Crippen LogP contribution in [0.25, 0.3) is 10.8 Å². The number of nitrogens with zero attached hydrogens (tertiary/aromatic N) is 1. The number of ether oxygens (including phenoxy) is 1. The second-order valence-electron chi connectivity index (χ2n) is 7.85. The lowest BCUT2D eigenvalue weighted by atomic mass is 10.0. The minimum Gasteiger partial charge on any atom is -0.497 e. The molecule has 0 radical (unpaired) electrons. The minimum absolute atomic E-state index is 0.00630. The average molecular weight is 449 g/mol. The molecule has 4 rings (SSSR count). The highest BCUT2D eigenvalue weighted by molar-refractivity contribution is 7.99. The van der Waals surface area contributed by atoms with Crippen molar-refractivity contribution in [1.82, 2.24) is 0 Å². The van der Waals surface area contributed by atoms with E-state index in [4.69, 9.17) is 4.74 Å². The summed E-state index contributed by atoms with van der Waals surface area (Å²) < 4.78 is 5.18. The van der Waals surface area contributed by atoms with E-state index in [-0.39, 0.29) is 11.8 Å². The summed E-state index contributed by atoms with van der Waals surface area (Å²) in [5, 5.41) is 4.93. The maximum absolute atomic E-state index is 12.9. The highest BCUT2D eigenvalue weighted by Crippen LogP contribution is 2.40. The van der Waals surface area contributed by atoms with Crippen LogP contribution in [0.2, 0.25) is 0 Å². The molecule has 0 bridgehead atoms. The van der Waals surface area contributed by atoms with E-state index in [1.807, 2.05) is 59.5 Å². The zero-order chi connectivity index (χ0) is 22.5. The van der Waals surface area contributed by atoms with E-state index in [2.05, 4.69) is 12.2 Å². The highest BCUT2D eigenvalue weighted by atomic mass is 32.2. The van der Waals surface area contributed by atoms with Gasteiger partial charge in [0.05, 0.1) is 12.8 Å². The molecule has 6 heteroatoms. The second kappa shape index (κ2) is 10.1. The monoisotopic (exact) mass is 448 g/mol. The molecule has 0 unspecified atom stereocenters. The Morgan fingerprint density at radius 2 is 1.88 bits per heavy atom. The summed E-state index contributed by atoms with van der Waals surface area (Å²) >= 11 is 1.73. The lowest BCUT2D eigenvalue weighted by Crippen LogP contribution is -2.27. The highest BCUT2D eigenvalue weighted by Gasteiger charge is 2.30. The van der Waals surface area contributed by atoms with Gasteiger partial charge >= 0.3 is 0 Å². The van der Waals surface area contributed by atoms with Gasteiger partial charge < -0.3 is 15.0 Å². The van der Waals surface area contributed by atoms with Gasteiger partial charge in [0.2, 0.25) is 5.91 Å². The topological polar surface area (TPSA) is 58.6 Å². The van der Waals surface area contributed by atoms with Crippen LogP contribution in [0.3, 0.4) is 0 Å². The molecule has 3 aromatic rings. The van der Waals surface area contributed by atoms with Crippen molar-refractivity contribution in [3.63, 3.8) is 0 Å². The number of anilines is 2. The van der Waals surface area contributed by atoms with Gasteiger partial charge in [0.25, 0.3) is 5.91 Å². The number of thioether (sulfide) groups is 1. The zero-order valence-corrected chi connectivity index (χ0v) is 19.3. The van der Waals surface area contributed by atoms with E-state index in [0.717, 1.165) is 69.9 Å². The van der Waals surface area contributed by atoms with E-state index in [1.54, 1.807) is 18.9 Å². The first-order valence-corrected chi connectivity index (χ1v) is 12.0. The Hall–Kier alpha value is -2.99. The lowest BCUT2D eigenvalue weighted by Gasteiger charge is -2.17. The first-order valence-electron chi connectivity index (χ1n) is 11.1. The molecule has 5 nitrogen and oxygen atoms in total. The Morgan fingerprint density at radius 3 is 2.62 bits per heavy atom. The molecule has 0 saturated heterocycles. The van der Waals surface area contributed by atoms with E-state index < -0.39 is 0 Å². The van der Waals surface area contributed by atoms with Crippen LogP contribution in [0.15, 0.2) is 59.5 Å². The molecule has 3 aromatic carbocycles. The van der Waals surface area contributed by atoms with Gasteiger partial charge in [0, 0.05) is 39.9 Å². The molecule has 0 atom stereocenters. The fourth-order valence-corrected chi connectivity index (χ4v) is 4.85. The molecule has 2 amide bonds. The summed E-state index contributed by atoms with van der Waals surface area (Å²) in [6.45, 7) is 2.84. The second-order valence-corrected chi connectivity index (χ2v) is 9.01. The van der Waals surface area contributed by atoms with Crippen molar-refractivity contribution < 1.29 is 14.3 Å². The third-order valence-electron chi connectivity index (χ3n) is 5.67. The smallest absolute Gasteiger partial charge is 0.258 e. The number of rotatable bonds is 10. The van der Waals surface area contributed by atoms with Gasteiger partial charge in [0.1, 0.15) is 5.75 Å². The molecule has 0 aromatic heterocycles. The van der Waals surface area contributed by atoms with Crippen molar-refractivity contribution in [2.45, 2.75) is 37.5 Å². The summed E-state index contributed by atoms with van der Waals surface area (Å²) in [5.41, 5.74) is 2.44. The molecule has 1 aliphatic rings. The van der Waals surface area contributed by atoms with Crippen LogP contribution in [0.5, 0.6) is 5.75 Å². The quantitative estimate of drug-likeness (QED) is 0.300. The van der Waals surface area contributed by atoms with Crippen molar-refractivity contribution in [3.8, 4) is 5.75 Å². The molecule has 0 spiro atoms. The Labute approximate surface area is 193 Å². The van der Waals surface area contributed by atoms with Crippen LogP contribution in [-0.2, 0) is 4.79 Å². The number of carbonyl (C=O) groups excluding carboxylic acids is 2. The normalized spacial score (nSPS) is 12.4. The van der Waals surface area contributed by atoms with Crippen LogP contribution in [0.1, 0.15) is 43.0 Å². The van der Waals surface area contributed by atoms with Crippen molar-refractivity contribution in [2.75, 3.05) is 29.6 Å². The van der Waals surface area contributed by atoms with Gasteiger partial charge in [-0.3, -0.25) is 9.59 Å². The fourth-order valence-electron chi connectivity index (χ4n) is 4.00. The Bertz CT molecular complexity index is 1130. The summed E-state index contributed by atoms with van der Waals surface area (Å²) in [7, 11) is 1.66. The molecule has 0 fully saturated rings. The SMILES string of the molecule is CCCCN1C(=O)c2cccc3c(NC(=O)CCCSc4ccc(OC)cc4)ccc1c23. The maximum Gasteiger partial charge on any atom is 0.258 e. The summed E-state index contributed by atoms with van der Waals surface area (Å²) in [6, 6.07) is 17.6. The summed E-state index contributed by atoms with van der Waals surface area (Å²) in [5.74, 6) is 1.75. The van der Waals surface area contributed by atoms with Crippen LogP contribution in [-0.4, -0.2) is 31.2 Å². The Balaban J connectivity index is 1.39. The van der Waals surface area contributed by atoms with E-state index in [0.29, 0.717) is 6.42 Å². The number of amides is 2. The van der Waals surface area contributed by atoms with Gasteiger partial charge in [-0.1, -0.05) is 25.5 Å². The molecule has 32 heavy (non-hydrogen) atoms. The summed E-state index contributed by atoms with van der Waals surface area (Å²) in [4.78, 5) is 28.5. The largest absolute Gasteiger partial charge is 0.497 e. The molecule has 1 N–H and O–H groups in total. The molecule has 1 heterocycles. The molecule has 166 valence electrons. The first-order chi connectivity index (χ1) is 15.6. The third-order valence-corrected chi connectivity index (χ3v) is 6.77. The van der Waals surface area contributed by atoms with Gasteiger partial charge in [-0.15, -0.1) is 11.8 Å². The number of benzene rings is 3. The van der Waals surface area contributed by atoms with Gasteiger partial charge in [0.15, 0.2) is 0 Å². The third kappa shape index (κ3) is 4.60. The van der Waals surface area contributed by atoms with Crippen molar-refractivity contribution >= 4 is 45.7 Å². The number of carbonyl (C=O) groups is 2. The predicted molar refractivity (Wildman–Crippen MR) is 132 cm³/mol. The first kappa shape index (κ1) is 22.2. The minimum atomic E-state index is -0.00630. The molecule has 1 aliphatic heterocycles. The average Bonchev–Trinajstić information content (AvgIpc) is 3.09. The summed E-state index contributed by atoms with van der Waals surface area (Å²) in [6.07, 6.45) is 3.24. The Kier molecular flexibility index (Phi) is 7.00. The number of unbranched alkanes of at least 4 members (excludes halogenated alkanes) is 1. The van der Waals surface area contributed by atoms with Crippen molar-refractivity contribution in [1.29, 1.82) is 0 Å². The van der Waals surface area contributed by atoms with Crippen molar-refractivity contribution in [3.05, 3.63) is 60.2 Å². The number of hydrogen-bond donors (Lipinski definition) is 1. The lowest BCUT2D eigenvalue weighted by molar-refractivity contribution is -0.116. The van der Waals surface area contributed by atoms with Crippen LogP contribution >= 0.6 is 11.8 Å². The zero-order valence-electron chi connectivity index (χ0n) is 18.5. The van der Waals surface area contributed by atoms with Crippen molar-refractivity contribution in [2.24, 2.45) is 0 Å². The Morgan fingerprint density at radius 1 is 1.06 bits per heavy atom. The number of nitrogens with one attached hydrogen (secondary N) is 1. The number of hydrogen-bond acceptors (Lipinski definition) is 4. The van der Waals surface area contributed by atoms with E-state index in [9.17, 15) is 9.59 Å². The molecular formula is C26H28N2O3S. The van der Waals surface area contributed by atoms with Gasteiger partial charge in [-0.05, 0) is 61.1 Å². The van der Waals surface area contributed by atoms with Crippen LogP contribution < -0.4 is 15.0 Å². The standard InChI is InChI=1S/C26H28N2O3S/c1-3-4-16-28-23-15-14-22(20-7-5-8-21(25(20)23)26(28)30)27-24(29)9-6-17-32-19-12-10-18(31-2)11-13-19/h5,7-8,10-15H,3-4,6,9,16-17H2,1-2H3,(H,27,29). The van der Waals surface area contributed by atoms with Crippen LogP contribution in [0.4, 0.5) is 11.4 Å². The van der Waals surface area contributed by atoms with Gasteiger partial charge in [-0.2, -0.15) is 0 Å². The maximum atomic E-state index is 12.9. The predicted octanol–water partition coefficient (Wildman–Crippen LogP) is 6.12. The fraction of sp³-hybridized carbons (Fsp3) is 0.308. The molecule has 0 saturated carbocycles. The molecule has 0 aliphatic carbocycles. The van der Waals surface area contributed by atoms with E-state index >= 15 is 0 Å². The van der Waals surface area contributed by atoms with E-state index in [1.165, 1.54) is 0 Å². The van der Waals surface area contributed by atoms with Gasteiger partial charge in [-0.25, -0.2) is 0 Å². The van der Waals surface area contributed by atoms with Crippen LogP contribution in [0, 0.1) is 0 Å². The molecular weight excluding hydrogens is 420 g/mol.